The van der Waals surface area contributed by atoms with Crippen LogP contribution in [0.3, 0.4) is 0 Å². The van der Waals surface area contributed by atoms with Crippen molar-refractivity contribution >= 4 is 11.6 Å². The molecule has 0 saturated heterocycles. The number of benzene rings is 1. The normalized spacial score (nSPS) is 10.8. The summed E-state index contributed by atoms with van der Waals surface area (Å²) in [7, 11) is 0. The van der Waals surface area contributed by atoms with E-state index in [1.54, 1.807) is 6.26 Å². The Morgan fingerprint density at radius 1 is 1.16 bits per heavy atom. The van der Waals surface area contributed by atoms with Gasteiger partial charge in [0.25, 0.3) is 0 Å². The first kappa shape index (κ1) is 14.1. The Morgan fingerprint density at radius 2 is 2.00 bits per heavy atom. The average molecular weight is 280 g/mol. The summed E-state index contributed by atoms with van der Waals surface area (Å²) in [5.74, 6) is 0.869. The molecule has 0 atom stereocenters. The van der Waals surface area contributed by atoms with E-state index in [2.05, 4.69) is 12.2 Å². The van der Waals surface area contributed by atoms with E-state index in [-0.39, 0.29) is 0 Å². The van der Waals surface area contributed by atoms with E-state index in [0.717, 1.165) is 35.0 Å². The Balaban J connectivity index is 1.86. The number of ether oxygens (including phenoxy) is 1. The number of nitrogens with one attached hydrogen (secondary N) is 1. The van der Waals surface area contributed by atoms with Gasteiger partial charge < -0.3 is 14.5 Å². The summed E-state index contributed by atoms with van der Waals surface area (Å²) >= 11 is 6.07. The lowest BCUT2D eigenvalue weighted by atomic mass is 10.2. The monoisotopic (exact) mass is 279 g/mol. The van der Waals surface area contributed by atoms with Gasteiger partial charge in [0.15, 0.2) is 0 Å². The molecule has 0 bridgehead atoms. The van der Waals surface area contributed by atoms with Crippen LogP contribution in [0.2, 0.25) is 5.02 Å². The second kappa shape index (κ2) is 7.34. The molecule has 102 valence electrons. The molecule has 4 heteroatoms. The van der Waals surface area contributed by atoms with E-state index in [4.69, 9.17) is 20.8 Å². The molecule has 1 aromatic heterocycles. The topological polar surface area (TPSA) is 34.4 Å². The molecule has 2 aromatic rings. The van der Waals surface area contributed by atoms with Crippen LogP contribution in [0.15, 0.2) is 41.0 Å². The fourth-order valence-corrected chi connectivity index (χ4v) is 1.97. The molecule has 0 radical (unpaired) electrons. The highest BCUT2D eigenvalue weighted by atomic mass is 35.5. The van der Waals surface area contributed by atoms with Crippen molar-refractivity contribution in [1.29, 1.82) is 0 Å². The quantitative estimate of drug-likeness (QED) is 0.838. The van der Waals surface area contributed by atoms with Crippen LogP contribution in [0.4, 0.5) is 0 Å². The zero-order valence-electron chi connectivity index (χ0n) is 11.0. The van der Waals surface area contributed by atoms with Gasteiger partial charge in [0.05, 0.1) is 12.9 Å². The molecule has 0 spiro atoms. The van der Waals surface area contributed by atoms with Crippen LogP contribution < -0.4 is 5.32 Å². The van der Waals surface area contributed by atoms with Gasteiger partial charge in [-0.05, 0) is 24.2 Å². The zero-order chi connectivity index (χ0) is 13.5. The van der Waals surface area contributed by atoms with Crippen molar-refractivity contribution in [2.24, 2.45) is 0 Å². The van der Waals surface area contributed by atoms with Crippen LogP contribution in [-0.4, -0.2) is 6.54 Å². The third-order valence-corrected chi connectivity index (χ3v) is 3.22. The van der Waals surface area contributed by atoms with Gasteiger partial charge in [-0.2, -0.15) is 0 Å². The highest BCUT2D eigenvalue weighted by Gasteiger charge is 2.06. The van der Waals surface area contributed by atoms with Crippen molar-refractivity contribution in [3.8, 4) is 0 Å². The van der Waals surface area contributed by atoms with Gasteiger partial charge in [-0.25, -0.2) is 0 Å². The lowest BCUT2D eigenvalue weighted by Crippen LogP contribution is -2.12. The van der Waals surface area contributed by atoms with Crippen LogP contribution in [0, 0.1) is 0 Å². The first-order chi connectivity index (χ1) is 9.31. The minimum absolute atomic E-state index is 0.457. The van der Waals surface area contributed by atoms with E-state index in [1.807, 2.05) is 30.3 Å². The van der Waals surface area contributed by atoms with E-state index < -0.39 is 0 Å². The molecule has 0 aliphatic carbocycles. The van der Waals surface area contributed by atoms with Crippen LogP contribution in [0.25, 0.3) is 0 Å². The standard InChI is InChI=1S/C15H18ClNO2/c1-2-17-9-12-7-8-19-15(12)11-18-10-13-5-3-4-6-14(13)16/h3-8,17H,2,9-11H2,1H3. The first-order valence-corrected chi connectivity index (χ1v) is 6.76. The summed E-state index contributed by atoms with van der Waals surface area (Å²) in [4.78, 5) is 0. The van der Waals surface area contributed by atoms with E-state index in [1.165, 1.54) is 0 Å². The summed E-state index contributed by atoms with van der Waals surface area (Å²) in [6.45, 7) is 4.76. The summed E-state index contributed by atoms with van der Waals surface area (Å²) in [5, 5.41) is 4.00. The number of rotatable bonds is 7. The second-order valence-electron chi connectivity index (χ2n) is 4.23. The molecule has 0 aliphatic rings. The van der Waals surface area contributed by atoms with Gasteiger partial charge in [0, 0.05) is 17.1 Å². The van der Waals surface area contributed by atoms with Crippen LogP contribution in [0.1, 0.15) is 23.8 Å². The molecule has 2 rings (SSSR count). The Bertz CT molecular complexity index is 510. The third kappa shape index (κ3) is 4.10. The zero-order valence-corrected chi connectivity index (χ0v) is 11.7. The minimum atomic E-state index is 0.457. The predicted octanol–water partition coefficient (Wildman–Crippen LogP) is 3.76. The highest BCUT2D eigenvalue weighted by molar-refractivity contribution is 6.31. The van der Waals surface area contributed by atoms with Crippen molar-refractivity contribution in [1.82, 2.24) is 5.32 Å². The lowest BCUT2D eigenvalue weighted by molar-refractivity contribution is 0.0922. The van der Waals surface area contributed by atoms with E-state index in [9.17, 15) is 0 Å². The van der Waals surface area contributed by atoms with E-state index in [0.29, 0.717) is 13.2 Å². The molecule has 1 heterocycles. The van der Waals surface area contributed by atoms with Crippen molar-refractivity contribution < 1.29 is 9.15 Å². The molecule has 3 nitrogen and oxygen atoms in total. The predicted molar refractivity (Wildman–Crippen MR) is 76.0 cm³/mol. The van der Waals surface area contributed by atoms with Crippen LogP contribution in [-0.2, 0) is 24.5 Å². The van der Waals surface area contributed by atoms with Crippen molar-refractivity contribution in [2.75, 3.05) is 6.54 Å². The molecule has 0 saturated carbocycles. The molecule has 19 heavy (non-hydrogen) atoms. The maximum atomic E-state index is 6.07. The molecule has 1 N–H and O–H groups in total. The summed E-state index contributed by atoms with van der Waals surface area (Å²) in [5.41, 5.74) is 2.13. The Kier molecular flexibility index (Phi) is 5.45. The van der Waals surface area contributed by atoms with Gasteiger partial charge in [-0.15, -0.1) is 0 Å². The molecular weight excluding hydrogens is 262 g/mol. The van der Waals surface area contributed by atoms with Gasteiger partial charge in [0.1, 0.15) is 12.4 Å². The van der Waals surface area contributed by atoms with Crippen molar-refractivity contribution in [3.63, 3.8) is 0 Å². The van der Waals surface area contributed by atoms with Gasteiger partial charge in [0.2, 0.25) is 0 Å². The SMILES string of the molecule is CCNCc1ccoc1COCc1ccccc1Cl. The summed E-state index contributed by atoms with van der Waals surface area (Å²) in [6, 6.07) is 9.66. The third-order valence-electron chi connectivity index (χ3n) is 2.85. The highest BCUT2D eigenvalue weighted by Crippen LogP contribution is 2.17. The first-order valence-electron chi connectivity index (χ1n) is 6.38. The molecule has 0 unspecified atom stereocenters. The summed E-state index contributed by atoms with van der Waals surface area (Å²) in [6.07, 6.45) is 1.70. The van der Waals surface area contributed by atoms with Crippen LogP contribution in [0.5, 0.6) is 0 Å². The smallest absolute Gasteiger partial charge is 0.133 e. The fourth-order valence-electron chi connectivity index (χ4n) is 1.78. The number of hydrogen-bond acceptors (Lipinski definition) is 3. The number of halogens is 1. The van der Waals surface area contributed by atoms with Gasteiger partial charge in [-0.1, -0.05) is 36.7 Å². The largest absolute Gasteiger partial charge is 0.467 e. The molecule has 1 aromatic carbocycles. The van der Waals surface area contributed by atoms with Crippen molar-refractivity contribution in [2.45, 2.75) is 26.7 Å². The number of hydrogen-bond donors (Lipinski definition) is 1. The maximum Gasteiger partial charge on any atom is 0.133 e. The molecular formula is C15H18ClNO2. The number of furan rings is 1. The molecule has 0 amide bonds. The maximum absolute atomic E-state index is 6.07. The molecule has 0 fully saturated rings. The molecule has 0 aliphatic heterocycles. The Labute approximate surface area is 118 Å². The van der Waals surface area contributed by atoms with Crippen LogP contribution >= 0.6 is 11.6 Å². The van der Waals surface area contributed by atoms with Gasteiger partial charge >= 0.3 is 0 Å². The van der Waals surface area contributed by atoms with E-state index >= 15 is 0 Å². The van der Waals surface area contributed by atoms with Gasteiger partial charge in [-0.3, -0.25) is 0 Å². The Hall–Kier alpha value is -1.29. The second-order valence-corrected chi connectivity index (χ2v) is 4.64. The fraction of sp³-hybridized carbons (Fsp3) is 0.333. The van der Waals surface area contributed by atoms with Crippen molar-refractivity contribution in [3.05, 3.63) is 58.5 Å². The minimum Gasteiger partial charge on any atom is -0.467 e. The lowest BCUT2D eigenvalue weighted by Gasteiger charge is -2.06. The average Bonchev–Trinajstić information content (AvgIpc) is 2.86. The Morgan fingerprint density at radius 3 is 2.79 bits per heavy atom. The summed E-state index contributed by atoms with van der Waals surface area (Å²) < 4.78 is 11.1.